The van der Waals surface area contributed by atoms with E-state index in [0.29, 0.717) is 5.56 Å². The second kappa shape index (κ2) is 11.9. The van der Waals surface area contributed by atoms with Crippen LogP contribution >= 0.6 is 11.3 Å². The van der Waals surface area contributed by atoms with E-state index in [1.807, 2.05) is 0 Å². The number of hydrogen-bond donors (Lipinski definition) is 1. The molecule has 0 radical (unpaired) electrons. The summed E-state index contributed by atoms with van der Waals surface area (Å²) >= 11 is 0.841. The fourth-order valence-corrected chi connectivity index (χ4v) is 4.47. The highest BCUT2D eigenvalue weighted by atomic mass is 32.1. The van der Waals surface area contributed by atoms with Crippen molar-refractivity contribution in [1.29, 1.82) is 0 Å². The molecular formula is C27H27F3N2O7S. The summed E-state index contributed by atoms with van der Waals surface area (Å²) in [5.74, 6) is -1.33. The summed E-state index contributed by atoms with van der Waals surface area (Å²) in [6.45, 7) is 6.34. The van der Waals surface area contributed by atoms with Crippen molar-refractivity contribution in [3.8, 4) is 5.75 Å². The van der Waals surface area contributed by atoms with Gasteiger partial charge in [-0.2, -0.15) is 13.2 Å². The van der Waals surface area contributed by atoms with Gasteiger partial charge in [-0.3, -0.25) is 14.9 Å². The normalized spacial score (nSPS) is 12.4. The van der Waals surface area contributed by atoms with Crippen LogP contribution in [0.4, 0.5) is 29.5 Å². The molecule has 3 aromatic rings. The number of alkyl halides is 3. The number of ether oxygens (including phenoxy) is 3. The second-order valence-electron chi connectivity index (χ2n) is 9.70. The number of anilines is 2. The number of carbonyl (C=O) groups excluding carboxylic acids is 2. The van der Waals surface area contributed by atoms with Crippen LogP contribution in [0.1, 0.15) is 60.2 Å². The molecule has 13 heteroatoms. The lowest BCUT2D eigenvalue weighted by Gasteiger charge is -2.19. The largest absolute Gasteiger partial charge is 0.484 e. The lowest BCUT2D eigenvalue weighted by atomic mass is 9.97. The molecule has 0 bridgehead atoms. The zero-order chi connectivity index (χ0) is 29.8. The van der Waals surface area contributed by atoms with Gasteiger partial charge in [-0.1, -0.05) is 18.2 Å². The highest BCUT2D eigenvalue weighted by molar-refractivity contribution is 7.18. The highest BCUT2D eigenvalue weighted by Crippen LogP contribution is 2.41. The smallest absolute Gasteiger partial charge is 0.416 e. The van der Waals surface area contributed by atoms with E-state index in [-0.39, 0.29) is 39.2 Å². The molecule has 0 fully saturated rings. The van der Waals surface area contributed by atoms with Crippen LogP contribution in [0, 0.1) is 15.5 Å². The molecule has 1 N–H and O–H groups in total. The topological polar surface area (TPSA) is 117 Å². The first-order chi connectivity index (χ1) is 18.6. The van der Waals surface area contributed by atoms with Gasteiger partial charge in [-0.15, -0.1) is 11.3 Å². The van der Waals surface area contributed by atoms with Gasteiger partial charge < -0.3 is 19.5 Å². The van der Waals surface area contributed by atoms with E-state index in [1.165, 1.54) is 49.4 Å². The number of rotatable bonds is 9. The van der Waals surface area contributed by atoms with Gasteiger partial charge >= 0.3 is 18.1 Å². The van der Waals surface area contributed by atoms with Crippen LogP contribution in [0.15, 0.2) is 48.5 Å². The predicted octanol–water partition coefficient (Wildman–Crippen LogP) is 7.43. The summed E-state index contributed by atoms with van der Waals surface area (Å²) in [5, 5.41) is 14.7. The van der Waals surface area contributed by atoms with E-state index >= 15 is 0 Å². The Morgan fingerprint density at radius 3 is 2.38 bits per heavy atom. The summed E-state index contributed by atoms with van der Waals surface area (Å²) in [7, 11) is 1.13. The lowest BCUT2D eigenvalue weighted by Crippen LogP contribution is -2.22. The van der Waals surface area contributed by atoms with Gasteiger partial charge in [0, 0.05) is 17.7 Å². The minimum atomic E-state index is -4.62. The van der Waals surface area contributed by atoms with Gasteiger partial charge in [0.15, 0.2) is 4.88 Å². The number of thiophene rings is 1. The third-order valence-corrected chi connectivity index (χ3v) is 6.59. The number of carbonyl (C=O) groups is 2. The third-order valence-electron chi connectivity index (χ3n) is 5.57. The molecule has 0 saturated heterocycles. The van der Waals surface area contributed by atoms with Crippen molar-refractivity contribution in [2.75, 3.05) is 12.4 Å². The minimum absolute atomic E-state index is 0.0361. The molecule has 0 aliphatic carbocycles. The summed E-state index contributed by atoms with van der Waals surface area (Å²) < 4.78 is 56.5. The van der Waals surface area contributed by atoms with Gasteiger partial charge in [-0.25, -0.2) is 4.79 Å². The van der Waals surface area contributed by atoms with Crippen molar-refractivity contribution < 1.29 is 41.9 Å². The molecular weight excluding hydrogens is 553 g/mol. The molecule has 0 amide bonds. The maximum absolute atomic E-state index is 13.5. The number of methoxy groups -OCH3 is 1. The SMILES string of the molecule is COC(=O)c1sc(Nc2cc(COC(=O)C(C)(C)C)ccc2[N+](=O)[O-])cc1OC(C)c1ccccc1C(F)(F)F. The number of benzene rings is 2. The standard InChI is InChI=1S/C27H27F3N2O7S/c1-15(17-8-6-7-9-18(17)27(28,29)30)39-21-13-22(40-23(21)24(33)37-5)31-19-12-16(10-11-20(19)32(35)36)14-38-25(34)26(2,3)4/h6-13,15,31H,14H2,1-5H3. The second-order valence-corrected chi connectivity index (χ2v) is 10.8. The highest BCUT2D eigenvalue weighted by Gasteiger charge is 2.35. The Labute approximate surface area is 232 Å². The van der Waals surface area contributed by atoms with Gasteiger partial charge in [0.25, 0.3) is 5.69 Å². The summed E-state index contributed by atoms with van der Waals surface area (Å²) in [4.78, 5) is 35.6. The molecule has 3 rings (SSSR count). The molecule has 0 aliphatic heterocycles. The summed E-state index contributed by atoms with van der Waals surface area (Å²) in [5.41, 5.74) is -1.56. The average Bonchev–Trinajstić information content (AvgIpc) is 3.27. The fraction of sp³-hybridized carbons (Fsp3) is 0.333. The van der Waals surface area contributed by atoms with E-state index in [2.05, 4.69) is 5.32 Å². The van der Waals surface area contributed by atoms with Crippen LogP contribution < -0.4 is 10.1 Å². The van der Waals surface area contributed by atoms with Gasteiger partial charge in [0.05, 0.1) is 28.0 Å². The first kappa shape index (κ1) is 30.4. The molecule has 1 atom stereocenters. The van der Waals surface area contributed by atoms with Crippen LogP contribution in [0.25, 0.3) is 0 Å². The monoisotopic (exact) mass is 580 g/mol. The van der Waals surface area contributed by atoms with Crippen LogP contribution in [-0.2, 0) is 27.1 Å². The zero-order valence-electron chi connectivity index (χ0n) is 22.3. The molecule has 0 saturated carbocycles. The number of halogens is 3. The molecule has 1 aromatic heterocycles. The van der Waals surface area contributed by atoms with Crippen molar-refractivity contribution in [3.05, 3.63) is 80.2 Å². The molecule has 1 heterocycles. The van der Waals surface area contributed by atoms with E-state index < -0.39 is 40.1 Å². The van der Waals surface area contributed by atoms with Crippen LogP contribution in [0.5, 0.6) is 5.75 Å². The van der Waals surface area contributed by atoms with Gasteiger partial charge in [-0.05, 0) is 51.5 Å². The Morgan fingerprint density at radius 1 is 1.10 bits per heavy atom. The maximum Gasteiger partial charge on any atom is 0.416 e. The Morgan fingerprint density at radius 2 is 1.77 bits per heavy atom. The Kier molecular flexibility index (Phi) is 9.08. The fourth-order valence-electron chi connectivity index (χ4n) is 3.55. The van der Waals surface area contributed by atoms with Crippen molar-refractivity contribution in [2.45, 2.75) is 46.6 Å². The Balaban J connectivity index is 1.93. The Bertz CT molecular complexity index is 1410. The lowest BCUT2D eigenvalue weighted by molar-refractivity contribution is -0.383. The number of esters is 2. The van der Waals surface area contributed by atoms with E-state index in [9.17, 15) is 32.9 Å². The van der Waals surface area contributed by atoms with Crippen molar-refractivity contribution in [3.63, 3.8) is 0 Å². The first-order valence-electron chi connectivity index (χ1n) is 11.9. The minimum Gasteiger partial charge on any atom is -0.484 e. The number of nitro groups is 1. The number of nitro benzene ring substituents is 1. The first-order valence-corrected chi connectivity index (χ1v) is 12.7. The van der Waals surface area contributed by atoms with Gasteiger partial charge in [0.2, 0.25) is 0 Å². The van der Waals surface area contributed by atoms with E-state index in [1.54, 1.807) is 20.8 Å². The molecule has 0 aliphatic rings. The van der Waals surface area contributed by atoms with Crippen molar-refractivity contribution in [1.82, 2.24) is 0 Å². The van der Waals surface area contributed by atoms with Crippen molar-refractivity contribution >= 4 is 39.7 Å². The molecule has 9 nitrogen and oxygen atoms in total. The number of nitrogens with one attached hydrogen (secondary N) is 1. The summed E-state index contributed by atoms with van der Waals surface area (Å²) in [6, 6.07) is 10.4. The molecule has 1 unspecified atom stereocenters. The predicted molar refractivity (Wildman–Crippen MR) is 142 cm³/mol. The molecule has 40 heavy (non-hydrogen) atoms. The number of nitrogens with zero attached hydrogens (tertiary/aromatic N) is 1. The maximum atomic E-state index is 13.5. The Hall–Kier alpha value is -4.13. The van der Waals surface area contributed by atoms with E-state index in [4.69, 9.17) is 14.2 Å². The van der Waals surface area contributed by atoms with Gasteiger partial charge in [0.1, 0.15) is 24.1 Å². The number of hydrogen-bond acceptors (Lipinski definition) is 9. The molecule has 2 aromatic carbocycles. The molecule has 0 spiro atoms. The van der Waals surface area contributed by atoms with Crippen LogP contribution in [0.2, 0.25) is 0 Å². The van der Waals surface area contributed by atoms with Crippen molar-refractivity contribution in [2.24, 2.45) is 5.41 Å². The third kappa shape index (κ3) is 7.29. The van der Waals surface area contributed by atoms with Crippen LogP contribution in [0.3, 0.4) is 0 Å². The average molecular weight is 581 g/mol. The zero-order valence-corrected chi connectivity index (χ0v) is 23.1. The molecule has 214 valence electrons. The quantitative estimate of drug-likeness (QED) is 0.158. The van der Waals surface area contributed by atoms with Crippen LogP contribution in [-0.4, -0.2) is 24.0 Å². The summed E-state index contributed by atoms with van der Waals surface area (Å²) in [6.07, 6.45) is -5.73. The van der Waals surface area contributed by atoms with E-state index in [0.717, 1.165) is 24.5 Å².